The third-order valence-electron chi connectivity index (χ3n) is 3.63. The van der Waals surface area contributed by atoms with Crippen molar-refractivity contribution in [3.63, 3.8) is 0 Å². The van der Waals surface area contributed by atoms with E-state index in [1.807, 2.05) is 18.2 Å². The van der Waals surface area contributed by atoms with Crippen LogP contribution in [0.1, 0.15) is 20.7 Å². The molecule has 0 saturated carbocycles. The Morgan fingerprint density at radius 1 is 0.739 bits per heavy atom. The lowest BCUT2D eigenvalue weighted by molar-refractivity contribution is 0.112. The highest BCUT2D eigenvalue weighted by Crippen LogP contribution is 2.29. The summed E-state index contributed by atoms with van der Waals surface area (Å²) < 4.78 is 26.0. The van der Waals surface area contributed by atoms with E-state index < -0.39 is 9.84 Å². The predicted octanol–water partition coefficient (Wildman–Crippen LogP) is 3.30. The van der Waals surface area contributed by atoms with E-state index in [9.17, 15) is 18.0 Å². The van der Waals surface area contributed by atoms with Crippen LogP contribution in [0.25, 0.3) is 10.8 Å². The van der Waals surface area contributed by atoms with Crippen molar-refractivity contribution in [2.24, 2.45) is 0 Å². The summed E-state index contributed by atoms with van der Waals surface area (Å²) in [5.41, 5.74) is 0.228. The number of carbonyl (C=O) groups is 2. The monoisotopic (exact) mass is 324 g/mol. The molecule has 0 bridgehead atoms. The molecule has 5 heteroatoms. The van der Waals surface area contributed by atoms with Crippen LogP contribution in [-0.4, -0.2) is 21.0 Å². The van der Waals surface area contributed by atoms with Gasteiger partial charge in [-0.25, -0.2) is 8.42 Å². The smallest absolute Gasteiger partial charge is 0.207 e. The molecule has 0 fully saturated rings. The van der Waals surface area contributed by atoms with Crippen molar-refractivity contribution in [1.82, 2.24) is 0 Å². The lowest BCUT2D eigenvalue weighted by atomic mass is 10.1. The van der Waals surface area contributed by atoms with Crippen LogP contribution in [0.4, 0.5) is 0 Å². The minimum absolute atomic E-state index is 0.0254. The molecular formula is C18H12O4S. The van der Waals surface area contributed by atoms with Crippen LogP contribution >= 0.6 is 0 Å². The Kier molecular flexibility index (Phi) is 3.80. The van der Waals surface area contributed by atoms with Gasteiger partial charge in [0.1, 0.15) is 6.29 Å². The molecule has 0 heterocycles. The third-order valence-corrected chi connectivity index (χ3v) is 5.51. The normalized spacial score (nSPS) is 11.3. The summed E-state index contributed by atoms with van der Waals surface area (Å²) in [6.07, 6.45) is 1.02. The Bertz CT molecular complexity index is 1010. The number of aldehydes is 2. The second-order valence-corrected chi connectivity index (χ2v) is 6.90. The first kappa shape index (κ1) is 15.1. The Morgan fingerprint density at radius 3 is 2.22 bits per heavy atom. The first-order valence-corrected chi connectivity index (χ1v) is 8.33. The summed E-state index contributed by atoms with van der Waals surface area (Å²) in [7, 11) is -3.88. The van der Waals surface area contributed by atoms with Gasteiger partial charge in [0.15, 0.2) is 6.29 Å². The molecule has 114 valence electrons. The second-order valence-electron chi connectivity index (χ2n) is 5.01. The number of rotatable bonds is 4. The number of carbonyl (C=O) groups excluding carboxylic acids is 2. The Morgan fingerprint density at radius 2 is 1.48 bits per heavy atom. The molecule has 0 spiro atoms. The summed E-state index contributed by atoms with van der Waals surface area (Å²) in [6.45, 7) is 0. The SMILES string of the molecule is O=Cc1ccc(S(=O)(=O)c2cccc3ccccc23)c(C=O)c1. The van der Waals surface area contributed by atoms with E-state index in [1.165, 1.54) is 24.3 Å². The van der Waals surface area contributed by atoms with Crippen LogP contribution in [0.5, 0.6) is 0 Å². The van der Waals surface area contributed by atoms with Gasteiger partial charge in [-0.3, -0.25) is 9.59 Å². The molecule has 0 atom stereocenters. The molecule has 0 amide bonds. The molecule has 0 aromatic heterocycles. The van der Waals surface area contributed by atoms with Gasteiger partial charge in [0.05, 0.1) is 9.79 Å². The molecular weight excluding hydrogens is 312 g/mol. The van der Waals surface area contributed by atoms with E-state index in [4.69, 9.17) is 0 Å². The largest absolute Gasteiger partial charge is 0.298 e. The highest BCUT2D eigenvalue weighted by molar-refractivity contribution is 7.91. The van der Waals surface area contributed by atoms with Gasteiger partial charge in [0, 0.05) is 16.5 Å². The molecule has 3 aromatic carbocycles. The van der Waals surface area contributed by atoms with Crippen molar-refractivity contribution in [2.75, 3.05) is 0 Å². The molecule has 23 heavy (non-hydrogen) atoms. The van der Waals surface area contributed by atoms with E-state index in [0.717, 1.165) is 5.39 Å². The van der Waals surface area contributed by atoms with Crippen LogP contribution in [0.15, 0.2) is 70.5 Å². The second kappa shape index (κ2) is 5.78. The molecule has 0 aliphatic carbocycles. The van der Waals surface area contributed by atoms with E-state index in [0.29, 0.717) is 18.0 Å². The van der Waals surface area contributed by atoms with Gasteiger partial charge < -0.3 is 0 Å². The van der Waals surface area contributed by atoms with Crippen LogP contribution < -0.4 is 0 Å². The highest BCUT2D eigenvalue weighted by Gasteiger charge is 2.23. The van der Waals surface area contributed by atoms with Gasteiger partial charge in [-0.15, -0.1) is 0 Å². The number of fused-ring (bicyclic) bond motifs is 1. The standard InChI is InChI=1S/C18H12O4S/c19-11-13-8-9-17(15(10-13)12-20)23(21,22)18-7-3-5-14-4-1-2-6-16(14)18/h1-12H. The first-order valence-electron chi connectivity index (χ1n) is 6.85. The van der Waals surface area contributed by atoms with Crippen LogP contribution in [0.2, 0.25) is 0 Å². The molecule has 0 N–H and O–H groups in total. The van der Waals surface area contributed by atoms with Gasteiger partial charge in [0.25, 0.3) is 0 Å². The molecule has 0 unspecified atom stereocenters. The van der Waals surface area contributed by atoms with Gasteiger partial charge >= 0.3 is 0 Å². The summed E-state index contributed by atoms with van der Waals surface area (Å²) in [5, 5.41) is 1.39. The van der Waals surface area contributed by atoms with Crippen molar-refractivity contribution in [3.8, 4) is 0 Å². The quantitative estimate of drug-likeness (QED) is 0.691. The molecule has 3 rings (SSSR count). The average molecular weight is 324 g/mol. The lowest BCUT2D eigenvalue weighted by Gasteiger charge is -2.10. The minimum Gasteiger partial charge on any atom is -0.298 e. The third kappa shape index (κ3) is 2.55. The Labute approximate surface area is 133 Å². The fourth-order valence-corrected chi connectivity index (χ4v) is 4.16. The first-order chi connectivity index (χ1) is 11.1. The number of sulfone groups is 1. The van der Waals surface area contributed by atoms with Gasteiger partial charge in [-0.05, 0) is 23.6 Å². The van der Waals surface area contributed by atoms with Crippen molar-refractivity contribution < 1.29 is 18.0 Å². The molecule has 0 saturated heterocycles. The van der Waals surface area contributed by atoms with E-state index in [2.05, 4.69) is 0 Å². The average Bonchev–Trinajstić information content (AvgIpc) is 2.60. The van der Waals surface area contributed by atoms with Gasteiger partial charge in [-0.2, -0.15) is 0 Å². The van der Waals surface area contributed by atoms with Gasteiger partial charge in [-0.1, -0.05) is 42.5 Å². The van der Waals surface area contributed by atoms with Gasteiger partial charge in [0.2, 0.25) is 9.84 Å². The van der Waals surface area contributed by atoms with Crippen molar-refractivity contribution in [1.29, 1.82) is 0 Å². The van der Waals surface area contributed by atoms with Crippen LogP contribution in [-0.2, 0) is 9.84 Å². The molecule has 0 aliphatic rings. The number of benzene rings is 3. The molecule has 0 radical (unpaired) electrons. The molecule has 4 nitrogen and oxygen atoms in total. The summed E-state index contributed by atoms with van der Waals surface area (Å²) >= 11 is 0. The topological polar surface area (TPSA) is 68.3 Å². The van der Waals surface area contributed by atoms with Crippen LogP contribution in [0.3, 0.4) is 0 Å². The fraction of sp³-hybridized carbons (Fsp3) is 0. The zero-order valence-electron chi connectivity index (χ0n) is 12.0. The van der Waals surface area contributed by atoms with Crippen molar-refractivity contribution in [2.45, 2.75) is 9.79 Å². The minimum atomic E-state index is -3.88. The predicted molar refractivity (Wildman–Crippen MR) is 86.6 cm³/mol. The fourth-order valence-electron chi connectivity index (χ4n) is 2.53. The van der Waals surface area contributed by atoms with E-state index in [-0.39, 0.29) is 20.9 Å². The lowest BCUT2D eigenvalue weighted by Crippen LogP contribution is -2.06. The summed E-state index contributed by atoms with van der Waals surface area (Å²) in [6, 6.07) is 16.1. The van der Waals surface area contributed by atoms with E-state index >= 15 is 0 Å². The number of hydrogen-bond acceptors (Lipinski definition) is 4. The maximum absolute atomic E-state index is 13.0. The zero-order valence-corrected chi connectivity index (χ0v) is 12.8. The zero-order chi connectivity index (χ0) is 16.4. The van der Waals surface area contributed by atoms with E-state index in [1.54, 1.807) is 18.2 Å². The summed E-state index contributed by atoms with van der Waals surface area (Å²) in [5.74, 6) is 0. The summed E-state index contributed by atoms with van der Waals surface area (Å²) in [4.78, 5) is 22.1. The highest BCUT2D eigenvalue weighted by atomic mass is 32.2. The molecule has 3 aromatic rings. The van der Waals surface area contributed by atoms with Crippen LogP contribution in [0, 0.1) is 0 Å². The molecule has 0 aliphatic heterocycles. The Hall–Kier alpha value is -2.79. The Balaban J connectivity index is 2.30. The maximum atomic E-state index is 13.0. The van der Waals surface area contributed by atoms with Crippen molar-refractivity contribution >= 4 is 33.2 Å². The van der Waals surface area contributed by atoms with Crippen molar-refractivity contribution in [3.05, 3.63) is 71.8 Å². The maximum Gasteiger partial charge on any atom is 0.207 e. The number of hydrogen-bond donors (Lipinski definition) is 0.